The van der Waals surface area contributed by atoms with Crippen molar-refractivity contribution in [3.8, 4) is 16.3 Å². The molecule has 0 atom stereocenters. The summed E-state index contributed by atoms with van der Waals surface area (Å²) in [6.45, 7) is 1.67. The van der Waals surface area contributed by atoms with E-state index in [4.69, 9.17) is 9.26 Å². The summed E-state index contributed by atoms with van der Waals surface area (Å²) in [6.07, 6.45) is 0. The van der Waals surface area contributed by atoms with Gasteiger partial charge in [-0.15, -0.1) is 11.3 Å². The van der Waals surface area contributed by atoms with Crippen molar-refractivity contribution >= 4 is 32.9 Å². The minimum atomic E-state index is -3.67. The fraction of sp³-hybridized carbons (Fsp3) is 0.235. The van der Waals surface area contributed by atoms with Gasteiger partial charge in [0.2, 0.25) is 5.91 Å². The molecule has 27 heavy (non-hydrogen) atoms. The minimum Gasteiger partial charge on any atom is -0.497 e. The lowest BCUT2D eigenvalue weighted by atomic mass is 10.2. The van der Waals surface area contributed by atoms with Crippen LogP contribution in [0.25, 0.3) is 10.6 Å². The number of thiazole rings is 1. The van der Waals surface area contributed by atoms with E-state index in [1.54, 1.807) is 19.4 Å². The number of hydrogen-bond donors (Lipinski definition) is 1. The minimum absolute atomic E-state index is 0.183. The number of nitrogens with zero attached hydrogens (tertiary/aromatic N) is 2. The van der Waals surface area contributed by atoms with Gasteiger partial charge in [0.05, 0.1) is 18.6 Å². The Bertz CT molecular complexity index is 1040. The number of sulfone groups is 1. The first kappa shape index (κ1) is 19.1. The summed E-state index contributed by atoms with van der Waals surface area (Å²) in [5.74, 6) is -0.218. The van der Waals surface area contributed by atoms with Gasteiger partial charge in [-0.1, -0.05) is 5.16 Å². The fourth-order valence-electron chi connectivity index (χ4n) is 2.32. The fourth-order valence-corrected chi connectivity index (χ4v) is 4.42. The second-order valence-electron chi connectivity index (χ2n) is 5.78. The summed E-state index contributed by atoms with van der Waals surface area (Å²) in [6, 6.07) is 8.82. The molecule has 2 aromatic heterocycles. The van der Waals surface area contributed by atoms with E-state index in [0.717, 1.165) is 11.3 Å². The van der Waals surface area contributed by atoms with Crippen LogP contribution in [0, 0.1) is 6.92 Å². The van der Waals surface area contributed by atoms with Gasteiger partial charge in [-0.2, -0.15) is 0 Å². The van der Waals surface area contributed by atoms with Gasteiger partial charge in [-0.3, -0.25) is 4.79 Å². The number of rotatable bonds is 7. The lowest BCUT2D eigenvalue weighted by molar-refractivity contribution is -0.113. The van der Waals surface area contributed by atoms with Crippen LogP contribution in [0.5, 0.6) is 5.75 Å². The molecule has 0 radical (unpaired) electrons. The van der Waals surface area contributed by atoms with E-state index in [-0.39, 0.29) is 11.6 Å². The number of carbonyl (C=O) groups is 1. The lowest BCUT2D eigenvalue weighted by Gasteiger charge is -2.03. The quantitative estimate of drug-likeness (QED) is 0.641. The molecule has 0 aliphatic rings. The van der Waals surface area contributed by atoms with Crippen LogP contribution in [0.1, 0.15) is 11.5 Å². The monoisotopic (exact) mass is 407 g/mol. The third-order valence-electron chi connectivity index (χ3n) is 3.50. The van der Waals surface area contributed by atoms with Gasteiger partial charge in [0.1, 0.15) is 22.3 Å². The van der Waals surface area contributed by atoms with Gasteiger partial charge in [-0.25, -0.2) is 13.4 Å². The van der Waals surface area contributed by atoms with Gasteiger partial charge >= 0.3 is 0 Å². The van der Waals surface area contributed by atoms with Crippen LogP contribution in [0.3, 0.4) is 0 Å². The zero-order valence-corrected chi connectivity index (χ0v) is 16.3. The topological polar surface area (TPSA) is 111 Å². The zero-order valence-electron chi connectivity index (χ0n) is 14.6. The van der Waals surface area contributed by atoms with Gasteiger partial charge in [0.25, 0.3) is 0 Å². The average molecular weight is 407 g/mol. The van der Waals surface area contributed by atoms with Crippen LogP contribution >= 0.6 is 11.3 Å². The number of anilines is 1. The average Bonchev–Trinajstić information content (AvgIpc) is 3.23. The third kappa shape index (κ3) is 5.14. The molecule has 1 amide bonds. The number of amides is 1. The second-order valence-corrected chi connectivity index (χ2v) is 8.70. The first-order chi connectivity index (χ1) is 12.8. The molecule has 0 saturated heterocycles. The highest BCUT2D eigenvalue weighted by Gasteiger charge is 2.20. The van der Waals surface area contributed by atoms with Crippen LogP contribution in [-0.2, 0) is 20.4 Å². The Hall–Kier alpha value is -2.72. The molecule has 8 nitrogen and oxygen atoms in total. The molecule has 142 valence electrons. The van der Waals surface area contributed by atoms with Crippen LogP contribution in [0.15, 0.2) is 40.2 Å². The van der Waals surface area contributed by atoms with Crippen molar-refractivity contribution < 1.29 is 22.5 Å². The molecule has 0 spiro atoms. The molecule has 3 rings (SSSR count). The number of methoxy groups -OCH3 is 1. The Labute approximate surface area is 160 Å². The Morgan fingerprint density at radius 1 is 1.30 bits per heavy atom. The largest absolute Gasteiger partial charge is 0.497 e. The van der Waals surface area contributed by atoms with Crippen molar-refractivity contribution in [2.24, 2.45) is 0 Å². The summed E-state index contributed by atoms with van der Waals surface area (Å²) in [7, 11) is -2.09. The highest BCUT2D eigenvalue weighted by atomic mass is 32.2. The molecule has 2 heterocycles. The Morgan fingerprint density at radius 2 is 2.04 bits per heavy atom. The molecule has 10 heteroatoms. The molecule has 0 aliphatic carbocycles. The Morgan fingerprint density at radius 3 is 2.67 bits per heavy atom. The lowest BCUT2D eigenvalue weighted by Crippen LogP contribution is -2.24. The third-order valence-corrected chi connectivity index (χ3v) is 5.88. The normalized spacial score (nSPS) is 11.3. The highest BCUT2D eigenvalue weighted by Crippen LogP contribution is 2.26. The molecule has 0 saturated carbocycles. The van der Waals surface area contributed by atoms with Gasteiger partial charge in [-0.05, 0) is 31.2 Å². The van der Waals surface area contributed by atoms with E-state index in [1.807, 2.05) is 24.3 Å². The van der Waals surface area contributed by atoms with E-state index in [1.165, 1.54) is 17.4 Å². The molecule has 0 unspecified atom stereocenters. The van der Waals surface area contributed by atoms with Crippen LogP contribution < -0.4 is 10.1 Å². The first-order valence-corrected chi connectivity index (χ1v) is 10.6. The smallest absolute Gasteiger partial charge is 0.240 e. The van der Waals surface area contributed by atoms with E-state index < -0.39 is 21.5 Å². The van der Waals surface area contributed by atoms with Crippen LogP contribution in [0.4, 0.5) is 5.82 Å². The van der Waals surface area contributed by atoms with E-state index in [2.05, 4.69) is 15.5 Å². The zero-order chi connectivity index (χ0) is 19.4. The van der Waals surface area contributed by atoms with Crippen molar-refractivity contribution in [2.45, 2.75) is 12.7 Å². The standard InChI is InChI=1S/C17H17N3O5S2/c1-11-7-15(20-25-11)19-16(21)10-27(22,23)9-13-8-26-17(18-13)12-3-5-14(24-2)6-4-12/h3-8H,9-10H2,1-2H3,(H,19,20,21). The van der Waals surface area contributed by atoms with E-state index in [9.17, 15) is 13.2 Å². The maximum absolute atomic E-state index is 12.3. The number of carbonyl (C=O) groups excluding carboxylic acids is 1. The van der Waals surface area contributed by atoms with Gasteiger partial charge in [0, 0.05) is 17.0 Å². The Kier molecular flexibility index (Phi) is 5.57. The molecule has 1 aromatic carbocycles. The molecular formula is C17H17N3O5S2. The summed E-state index contributed by atoms with van der Waals surface area (Å²) in [5.41, 5.74) is 1.26. The molecule has 0 fully saturated rings. The Balaban J connectivity index is 1.63. The molecule has 0 aliphatic heterocycles. The van der Waals surface area contributed by atoms with Crippen molar-refractivity contribution in [2.75, 3.05) is 18.2 Å². The van der Waals surface area contributed by atoms with Crippen molar-refractivity contribution in [1.82, 2.24) is 10.1 Å². The number of aryl methyl sites for hydroxylation is 1. The first-order valence-electron chi connectivity index (χ1n) is 7.87. The number of aromatic nitrogens is 2. The van der Waals surface area contributed by atoms with Crippen molar-refractivity contribution in [3.05, 3.63) is 47.2 Å². The predicted molar refractivity (Wildman–Crippen MR) is 101 cm³/mol. The number of nitrogens with one attached hydrogen (secondary N) is 1. The SMILES string of the molecule is COc1ccc(-c2nc(CS(=O)(=O)CC(=O)Nc3cc(C)on3)cs2)cc1. The maximum Gasteiger partial charge on any atom is 0.240 e. The maximum atomic E-state index is 12.3. The number of hydrogen-bond acceptors (Lipinski definition) is 8. The number of benzene rings is 1. The number of ether oxygens (including phenoxy) is 1. The predicted octanol–water partition coefficient (Wildman–Crippen LogP) is 2.67. The molecule has 3 aromatic rings. The second kappa shape index (κ2) is 7.89. The molecule has 0 bridgehead atoms. The molecular weight excluding hydrogens is 390 g/mol. The van der Waals surface area contributed by atoms with E-state index in [0.29, 0.717) is 16.5 Å². The highest BCUT2D eigenvalue weighted by molar-refractivity contribution is 7.91. The summed E-state index contributed by atoms with van der Waals surface area (Å²) in [5, 5.41) is 8.37. The van der Waals surface area contributed by atoms with Crippen LogP contribution in [0.2, 0.25) is 0 Å². The summed E-state index contributed by atoms with van der Waals surface area (Å²) >= 11 is 1.34. The van der Waals surface area contributed by atoms with E-state index >= 15 is 0 Å². The molecule has 1 N–H and O–H groups in total. The van der Waals surface area contributed by atoms with Crippen LogP contribution in [-0.4, -0.2) is 37.3 Å². The van der Waals surface area contributed by atoms with Crippen molar-refractivity contribution in [1.29, 1.82) is 0 Å². The van der Waals surface area contributed by atoms with Gasteiger partial charge in [0.15, 0.2) is 15.7 Å². The summed E-state index contributed by atoms with van der Waals surface area (Å²) < 4.78 is 34.5. The summed E-state index contributed by atoms with van der Waals surface area (Å²) in [4.78, 5) is 16.3. The van der Waals surface area contributed by atoms with Gasteiger partial charge < -0.3 is 14.6 Å². The van der Waals surface area contributed by atoms with Crippen molar-refractivity contribution in [3.63, 3.8) is 0 Å².